The van der Waals surface area contributed by atoms with Crippen LogP contribution in [0.3, 0.4) is 0 Å². The fourth-order valence-electron chi connectivity index (χ4n) is 2.81. The molecule has 0 spiro atoms. The topological polar surface area (TPSA) is 66.4 Å². The molecule has 5 nitrogen and oxygen atoms in total. The molecule has 2 N–H and O–H groups in total. The van der Waals surface area contributed by atoms with E-state index >= 15 is 0 Å². The first kappa shape index (κ1) is 19.3. The number of pyridine rings is 1. The molecule has 28 heavy (non-hydrogen) atoms. The molecule has 5 heteroatoms. The summed E-state index contributed by atoms with van der Waals surface area (Å²) in [4.78, 5) is 21.3. The molecule has 3 aromatic rings. The maximum Gasteiger partial charge on any atom is 0.257 e. The molecule has 0 unspecified atom stereocenters. The number of aromatic nitrogens is 1. The molecular weight excluding hydrogens is 348 g/mol. The lowest BCUT2D eigenvalue weighted by molar-refractivity contribution is 0.0977. The number of aliphatic imine (C=N–C) groups is 1. The molecule has 2 aromatic carbocycles. The van der Waals surface area contributed by atoms with Crippen molar-refractivity contribution < 1.29 is 4.79 Å². The van der Waals surface area contributed by atoms with Gasteiger partial charge < -0.3 is 5.32 Å². The van der Waals surface area contributed by atoms with Crippen molar-refractivity contribution >= 4 is 17.6 Å². The predicted octanol–water partition coefficient (Wildman–Crippen LogP) is 4.35. The smallest absolute Gasteiger partial charge is 0.257 e. The van der Waals surface area contributed by atoms with Crippen LogP contribution in [0.2, 0.25) is 0 Å². The Bertz CT molecular complexity index is 967. The lowest BCUT2D eigenvalue weighted by atomic mass is 10.1. The van der Waals surface area contributed by atoms with Crippen molar-refractivity contribution in [2.75, 3.05) is 5.32 Å². The van der Waals surface area contributed by atoms with Crippen molar-refractivity contribution in [2.45, 2.75) is 26.8 Å². The van der Waals surface area contributed by atoms with Gasteiger partial charge in [-0.15, -0.1) is 0 Å². The van der Waals surface area contributed by atoms with E-state index in [0.717, 1.165) is 28.8 Å². The largest absolute Gasteiger partial charge is 0.326 e. The average Bonchev–Trinajstić information content (AvgIpc) is 2.73. The van der Waals surface area contributed by atoms with Crippen LogP contribution in [-0.2, 0) is 13.0 Å². The molecule has 0 radical (unpaired) electrons. The zero-order valence-electron chi connectivity index (χ0n) is 16.1. The normalized spacial score (nSPS) is 11.1. The molecular formula is C23H24N4O. The SMILES string of the molecule is CCc1ccccc1NC(=NCc1ccncc1)NC(=O)c1cccc(C)c1. The highest BCUT2D eigenvalue weighted by molar-refractivity contribution is 6.10. The minimum absolute atomic E-state index is 0.196. The highest BCUT2D eigenvalue weighted by atomic mass is 16.1. The van der Waals surface area contributed by atoms with E-state index in [4.69, 9.17) is 0 Å². The van der Waals surface area contributed by atoms with Gasteiger partial charge in [0.2, 0.25) is 5.96 Å². The molecule has 0 saturated heterocycles. The fourth-order valence-corrected chi connectivity index (χ4v) is 2.81. The van der Waals surface area contributed by atoms with Gasteiger partial charge in [-0.2, -0.15) is 0 Å². The number of para-hydroxylation sites is 1. The Kier molecular flexibility index (Phi) is 6.52. The van der Waals surface area contributed by atoms with Crippen LogP contribution in [0.1, 0.15) is 34.0 Å². The third-order valence-corrected chi connectivity index (χ3v) is 4.33. The van der Waals surface area contributed by atoms with Crippen molar-refractivity contribution in [3.8, 4) is 0 Å². The molecule has 0 aliphatic heterocycles. The molecule has 0 aliphatic carbocycles. The molecule has 0 bridgehead atoms. The number of benzene rings is 2. The molecule has 142 valence electrons. The number of nitrogens with one attached hydrogen (secondary N) is 2. The van der Waals surface area contributed by atoms with Crippen molar-refractivity contribution in [1.29, 1.82) is 0 Å². The van der Waals surface area contributed by atoms with E-state index in [9.17, 15) is 4.79 Å². The Morgan fingerprint density at radius 2 is 1.82 bits per heavy atom. The Morgan fingerprint density at radius 3 is 2.57 bits per heavy atom. The molecule has 1 heterocycles. The van der Waals surface area contributed by atoms with E-state index in [1.807, 2.05) is 55.5 Å². The lowest BCUT2D eigenvalue weighted by Gasteiger charge is -2.14. The third kappa shape index (κ3) is 5.27. The molecule has 3 rings (SSSR count). The predicted molar refractivity (Wildman–Crippen MR) is 113 cm³/mol. The summed E-state index contributed by atoms with van der Waals surface area (Å²) in [6, 6.07) is 19.3. The number of carbonyl (C=O) groups is 1. The number of hydrogen-bond acceptors (Lipinski definition) is 3. The Morgan fingerprint density at radius 1 is 1.04 bits per heavy atom. The van der Waals surface area contributed by atoms with Gasteiger partial charge in [-0.3, -0.25) is 15.1 Å². The fraction of sp³-hybridized carbons (Fsp3) is 0.174. The average molecular weight is 372 g/mol. The zero-order valence-corrected chi connectivity index (χ0v) is 16.1. The molecule has 1 amide bonds. The molecule has 0 atom stereocenters. The minimum atomic E-state index is -0.196. The van der Waals surface area contributed by atoms with E-state index in [0.29, 0.717) is 18.1 Å². The van der Waals surface area contributed by atoms with Gasteiger partial charge in [0.05, 0.1) is 6.54 Å². The summed E-state index contributed by atoms with van der Waals surface area (Å²) in [6.45, 7) is 4.50. The van der Waals surface area contributed by atoms with Crippen LogP contribution in [0.4, 0.5) is 5.69 Å². The highest BCUT2D eigenvalue weighted by Crippen LogP contribution is 2.15. The third-order valence-electron chi connectivity index (χ3n) is 4.33. The minimum Gasteiger partial charge on any atom is -0.326 e. The quantitative estimate of drug-likeness (QED) is 0.517. The first-order valence-corrected chi connectivity index (χ1v) is 9.32. The van der Waals surface area contributed by atoms with Gasteiger partial charge in [0.1, 0.15) is 0 Å². The van der Waals surface area contributed by atoms with E-state index in [1.165, 1.54) is 0 Å². The van der Waals surface area contributed by atoms with Crippen LogP contribution in [0.15, 0.2) is 78.0 Å². The molecule has 1 aromatic heterocycles. The summed E-state index contributed by atoms with van der Waals surface area (Å²) in [7, 11) is 0. The summed E-state index contributed by atoms with van der Waals surface area (Å²) in [6.07, 6.45) is 4.35. The maximum absolute atomic E-state index is 12.7. The number of guanidine groups is 1. The summed E-state index contributed by atoms with van der Waals surface area (Å²) in [5.41, 5.74) is 4.74. The van der Waals surface area contributed by atoms with Gasteiger partial charge in [0, 0.05) is 23.6 Å². The zero-order chi connectivity index (χ0) is 19.8. The number of nitrogens with zero attached hydrogens (tertiary/aromatic N) is 2. The van der Waals surface area contributed by atoms with Gasteiger partial charge in [0.25, 0.3) is 5.91 Å². The van der Waals surface area contributed by atoms with Crippen molar-refractivity contribution in [3.63, 3.8) is 0 Å². The lowest BCUT2D eigenvalue weighted by Crippen LogP contribution is -2.36. The summed E-state index contributed by atoms with van der Waals surface area (Å²) >= 11 is 0. The Labute approximate surface area is 165 Å². The van der Waals surface area contributed by atoms with Crippen LogP contribution in [0, 0.1) is 6.92 Å². The second-order valence-electron chi connectivity index (χ2n) is 6.48. The second kappa shape index (κ2) is 9.46. The van der Waals surface area contributed by atoms with Gasteiger partial charge in [-0.25, -0.2) is 4.99 Å². The van der Waals surface area contributed by atoms with Crippen LogP contribution < -0.4 is 10.6 Å². The van der Waals surface area contributed by atoms with Crippen molar-refractivity contribution in [2.24, 2.45) is 4.99 Å². The molecule has 0 saturated carbocycles. The first-order valence-electron chi connectivity index (χ1n) is 9.32. The van der Waals surface area contributed by atoms with E-state index in [2.05, 4.69) is 33.6 Å². The highest BCUT2D eigenvalue weighted by Gasteiger charge is 2.11. The van der Waals surface area contributed by atoms with Crippen LogP contribution >= 0.6 is 0 Å². The van der Waals surface area contributed by atoms with Crippen LogP contribution in [0.25, 0.3) is 0 Å². The number of rotatable bonds is 5. The molecule has 0 aliphatic rings. The standard InChI is InChI=1S/C23H24N4O/c1-3-19-8-4-5-10-21(19)26-23(25-16-18-11-13-24-14-12-18)27-22(28)20-9-6-7-17(2)15-20/h4-15H,3,16H2,1-2H3,(H2,25,26,27,28). The van der Waals surface area contributed by atoms with Gasteiger partial charge in [-0.1, -0.05) is 42.8 Å². The van der Waals surface area contributed by atoms with Crippen molar-refractivity contribution in [3.05, 3.63) is 95.3 Å². The first-order chi connectivity index (χ1) is 13.7. The Hall–Kier alpha value is -3.47. The summed E-state index contributed by atoms with van der Waals surface area (Å²) in [5.74, 6) is 0.225. The summed E-state index contributed by atoms with van der Waals surface area (Å²) in [5, 5.41) is 6.20. The van der Waals surface area contributed by atoms with Gasteiger partial charge >= 0.3 is 0 Å². The van der Waals surface area contributed by atoms with Crippen LogP contribution in [-0.4, -0.2) is 16.9 Å². The van der Waals surface area contributed by atoms with Gasteiger partial charge in [0.15, 0.2) is 0 Å². The number of anilines is 1. The van der Waals surface area contributed by atoms with Crippen LogP contribution in [0.5, 0.6) is 0 Å². The Balaban J connectivity index is 1.84. The maximum atomic E-state index is 12.7. The number of aryl methyl sites for hydroxylation is 2. The van der Waals surface area contributed by atoms with Gasteiger partial charge in [-0.05, 0) is 54.8 Å². The van der Waals surface area contributed by atoms with Crippen molar-refractivity contribution in [1.82, 2.24) is 10.3 Å². The monoisotopic (exact) mass is 372 g/mol. The number of carbonyl (C=O) groups excluding carboxylic acids is 1. The molecule has 0 fully saturated rings. The van der Waals surface area contributed by atoms with E-state index < -0.39 is 0 Å². The van der Waals surface area contributed by atoms with E-state index in [1.54, 1.807) is 18.5 Å². The summed E-state index contributed by atoms with van der Waals surface area (Å²) < 4.78 is 0. The number of amides is 1. The number of hydrogen-bond donors (Lipinski definition) is 2. The second-order valence-corrected chi connectivity index (χ2v) is 6.48. The van der Waals surface area contributed by atoms with E-state index in [-0.39, 0.29) is 5.91 Å².